The number of anilines is 1. The molecule has 0 saturated carbocycles. The van der Waals surface area contributed by atoms with Crippen LogP contribution >= 0.6 is 0 Å². The number of rotatable bonds is 5. The number of carbonyl (C=O) groups excluding carboxylic acids is 2. The number of benzene rings is 1. The Labute approximate surface area is 175 Å². The van der Waals surface area contributed by atoms with Crippen molar-refractivity contribution >= 4 is 17.5 Å². The van der Waals surface area contributed by atoms with Gasteiger partial charge in [-0.2, -0.15) is 5.26 Å². The van der Waals surface area contributed by atoms with Gasteiger partial charge >= 0.3 is 0 Å². The van der Waals surface area contributed by atoms with Gasteiger partial charge < -0.3 is 15.2 Å². The molecule has 2 aromatic rings. The van der Waals surface area contributed by atoms with Crippen LogP contribution in [0.4, 0.5) is 5.69 Å². The van der Waals surface area contributed by atoms with Crippen LogP contribution in [0.3, 0.4) is 0 Å². The van der Waals surface area contributed by atoms with Crippen LogP contribution in [0.25, 0.3) is 0 Å². The molecule has 1 aromatic heterocycles. The number of para-hydroxylation sites is 1. The topological polar surface area (TPSA) is 106 Å². The molecule has 0 radical (unpaired) electrons. The first-order chi connectivity index (χ1) is 14.4. The molecule has 7 heteroatoms. The van der Waals surface area contributed by atoms with E-state index in [1.54, 1.807) is 38.1 Å². The fourth-order valence-corrected chi connectivity index (χ4v) is 3.92. The number of aryl methyl sites for hydroxylation is 1. The van der Waals surface area contributed by atoms with Gasteiger partial charge in [0.05, 0.1) is 11.3 Å². The van der Waals surface area contributed by atoms with E-state index in [1.807, 2.05) is 11.0 Å². The second-order valence-electron chi connectivity index (χ2n) is 7.62. The van der Waals surface area contributed by atoms with E-state index >= 15 is 0 Å². The summed E-state index contributed by atoms with van der Waals surface area (Å²) >= 11 is 0. The van der Waals surface area contributed by atoms with Gasteiger partial charge in [0.1, 0.15) is 11.6 Å². The number of carbonyl (C=O) groups is 2. The van der Waals surface area contributed by atoms with E-state index in [0.717, 1.165) is 37.9 Å². The van der Waals surface area contributed by atoms with Crippen molar-refractivity contribution in [1.29, 1.82) is 5.26 Å². The Kier molecular flexibility index (Phi) is 6.68. The third-order valence-corrected chi connectivity index (χ3v) is 5.60. The highest BCUT2D eigenvalue weighted by Crippen LogP contribution is 2.21. The molecule has 1 saturated heterocycles. The van der Waals surface area contributed by atoms with Crippen molar-refractivity contribution in [3.8, 4) is 6.07 Å². The Morgan fingerprint density at radius 2 is 1.87 bits per heavy atom. The molecule has 30 heavy (non-hydrogen) atoms. The molecule has 2 heterocycles. The monoisotopic (exact) mass is 406 g/mol. The van der Waals surface area contributed by atoms with E-state index in [2.05, 4.69) is 10.3 Å². The molecule has 1 aliphatic heterocycles. The summed E-state index contributed by atoms with van der Waals surface area (Å²) in [6.07, 6.45) is 3.70. The average Bonchev–Trinajstić information content (AvgIpc) is 2.74. The third-order valence-electron chi connectivity index (χ3n) is 5.60. The summed E-state index contributed by atoms with van der Waals surface area (Å²) in [6.45, 7) is 4.97. The first kappa shape index (κ1) is 21.3. The van der Waals surface area contributed by atoms with E-state index in [-0.39, 0.29) is 23.8 Å². The number of nitrogens with zero attached hydrogens (tertiary/aromatic N) is 2. The molecule has 156 valence electrons. The van der Waals surface area contributed by atoms with Crippen LogP contribution in [0.1, 0.15) is 58.4 Å². The summed E-state index contributed by atoms with van der Waals surface area (Å²) in [7, 11) is 0. The first-order valence-corrected chi connectivity index (χ1v) is 10.2. The fourth-order valence-electron chi connectivity index (χ4n) is 3.92. The van der Waals surface area contributed by atoms with Crippen LogP contribution in [0.15, 0.2) is 29.1 Å². The summed E-state index contributed by atoms with van der Waals surface area (Å²) in [6, 6.07) is 8.98. The number of aromatic nitrogens is 1. The Morgan fingerprint density at radius 1 is 1.17 bits per heavy atom. The molecule has 7 nitrogen and oxygen atoms in total. The Bertz CT molecular complexity index is 1060. The number of nitrogens with one attached hydrogen (secondary N) is 2. The molecule has 2 N–H and O–H groups in total. The van der Waals surface area contributed by atoms with Crippen LogP contribution in [0, 0.1) is 25.2 Å². The highest BCUT2D eigenvalue weighted by Gasteiger charge is 2.21. The van der Waals surface area contributed by atoms with Crippen molar-refractivity contribution < 1.29 is 9.59 Å². The summed E-state index contributed by atoms with van der Waals surface area (Å²) in [5.41, 5.74) is 2.72. The van der Waals surface area contributed by atoms with E-state index in [9.17, 15) is 19.6 Å². The summed E-state index contributed by atoms with van der Waals surface area (Å²) < 4.78 is 0. The molecular weight excluding hydrogens is 380 g/mol. The summed E-state index contributed by atoms with van der Waals surface area (Å²) in [5, 5.41) is 12.0. The predicted octanol–water partition coefficient (Wildman–Crippen LogP) is 3.06. The summed E-state index contributed by atoms with van der Waals surface area (Å²) in [4.78, 5) is 41.9. The minimum atomic E-state index is -0.411. The summed E-state index contributed by atoms with van der Waals surface area (Å²) in [5.74, 6) is -0.283. The Hall–Kier alpha value is -3.40. The zero-order chi connectivity index (χ0) is 21.7. The van der Waals surface area contributed by atoms with E-state index in [4.69, 9.17) is 0 Å². The van der Waals surface area contributed by atoms with Gasteiger partial charge in [0.15, 0.2) is 0 Å². The number of likely N-dealkylation sites (tertiary alicyclic amines) is 1. The number of amides is 2. The van der Waals surface area contributed by atoms with Crippen molar-refractivity contribution in [1.82, 2.24) is 9.88 Å². The average molecular weight is 406 g/mol. The number of H-pyrrole nitrogens is 1. The molecular formula is C23H26N4O3. The van der Waals surface area contributed by atoms with Crippen LogP contribution in [-0.2, 0) is 11.2 Å². The van der Waals surface area contributed by atoms with Gasteiger partial charge in [-0.25, -0.2) is 0 Å². The molecule has 0 spiro atoms. The van der Waals surface area contributed by atoms with Crippen molar-refractivity contribution in [2.45, 2.75) is 46.0 Å². The van der Waals surface area contributed by atoms with Gasteiger partial charge in [-0.05, 0) is 62.8 Å². The fraction of sp³-hybridized carbons (Fsp3) is 0.391. The minimum absolute atomic E-state index is 0.0587. The Morgan fingerprint density at radius 3 is 2.57 bits per heavy atom. The van der Waals surface area contributed by atoms with E-state index < -0.39 is 5.56 Å². The maximum Gasteiger partial charge on any atom is 0.266 e. The highest BCUT2D eigenvalue weighted by molar-refractivity contribution is 6.03. The molecule has 0 aliphatic carbocycles. The lowest BCUT2D eigenvalue weighted by atomic mass is 9.99. The maximum absolute atomic E-state index is 12.9. The number of hydrogen-bond donors (Lipinski definition) is 2. The lowest BCUT2D eigenvalue weighted by Gasteiger charge is -2.27. The van der Waals surface area contributed by atoms with Gasteiger partial charge in [0.2, 0.25) is 5.91 Å². The van der Waals surface area contributed by atoms with Crippen molar-refractivity contribution in [2.75, 3.05) is 18.4 Å². The molecule has 3 rings (SSSR count). The van der Waals surface area contributed by atoms with Crippen LogP contribution in [-0.4, -0.2) is 34.8 Å². The normalized spacial score (nSPS) is 13.6. The third kappa shape index (κ3) is 4.60. The first-order valence-electron chi connectivity index (χ1n) is 10.2. The van der Waals surface area contributed by atoms with E-state index in [0.29, 0.717) is 28.9 Å². The number of piperidine rings is 1. The van der Waals surface area contributed by atoms with Crippen molar-refractivity contribution in [3.05, 3.63) is 62.6 Å². The lowest BCUT2D eigenvalue weighted by Crippen LogP contribution is -2.36. The van der Waals surface area contributed by atoms with Crippen LogP contribution < -0.4 is 10.9 Å². The highest BCUT2D eigenvalue weighted by atomic mass is 16.2. The lowest BCUT2D eigenvalue weighted by molar-refractivity contribution is -0.116. The molecule has 1 fully saturated rings. The smallest absolute Gasteiger partial charge is 0.266 e. The van der Waals surface area contributed by atoms with Crippen LogP contribution in [0.5, 0.6) is 0 Å². The molecule has 1 aliphatic rings. The number of nitriles is 1. The van der Waals surface area contributed by atoms with Crippen molar-refractivity contribution in [3.63, 3.8) is 0 Å². The van der Waals surface area contributed by atoms with Gasteiger partial charge in [-0.3, -0.25) is 14.4 Å². The molecule has 1 aromatic carbocycles. The van der Waals surface area contributed by atoms with E-state index in [1.165, 1.54) is 0 Å². The molecule has 0 bridgehead atoms. The second-order valence-corrected chi connectivity index (χ2v) is 7.62. The second kappa shape index (κ2) is 9.40. The SMILES string of the molecule is Cc1[nH]c(=O)c(C#N)c(C)c1CCC(=O)Nc1ccccc1C(=O)N1CCCCC1. The molecule has 0 atom stereocenters. The molecule has 2 amide bonds. The Balaban J connectivity index is 1.72. The number of aromatic amines is 1. The maximum atomic E-state index is 12.9. The van der Waals surface area contributed by atoms with Gasteiger partial charge in [-0.15, -0.1) is 0 Å². The number of hydrogen-bond acceptors (Lipinski definition) is 4. The zero-order valence-corrected chi connectivity index (χ0v) is 17.4. The largest absolute Gasteiger partial charge is 0.339 e. The van der Waals surface area contributed by atoms with Gasteiger partial charge in [0, 0.05) is 25.2 Å². The van der Waals surface area contributed by atoms with Crippen molar-refractivity contribution in [2.24, 2.45) is 0 Å². The van der Waals surface area contributed by atoms with Crippen LogP contribution in [0.2, 0.25) is 0 Å². The quantitative estimate of drug-likeness (QED) is 0.796. The minimum Gasteiger partial charge on any atom is -0.339 e. The standard InChI is InChI=1S/C23H26N4O3/c1-15-17(16(2)25-22(29)19(15)14-24)10-11-21(28)26-20-9-5-4-8-18(20)23(30)27-12-6-3-7-13-27/h4-5,8-9H,3,6-7,10-13H2,1-2H3,(H,25,29)(H,26,28). The number of pyridine rings is 1. The predicted molar refractivity (Wildman–Crippen MR) is 114 cm³/mol. The van der Waals surface area contributed by atoms with Gasteiger partial charge in [-0.1, -0.05) is 12.1 Å². The van der Waals surface area contributed by atoms with Gasteiger partial charge in [0.25, 0.3) is 11.5 Å². The zero-order valence-electron chi connectivity index (χ0n) is 17.4. The molecule has 0 unspecified atom stereocenters.